The van der Waals surface area contributed by atoms with Crippen molar-refractivity contribution in [1.82, 2.24) is 0 Å². The number of carbonyl (C=O) groups is 1. The Kier molecular flexibility index (Phi) is 3.42. The molecule has 0 spiro atoms. The molecule has 0 fully saturated rings. The predicted octanol–water partition coefficient (Wildman–Crippen LogP) is 1.78. The van der Waals surface area contributed by atoms with Crippen molar-refractivity contribution in [3.8, 4) is 0 Å². The summed E-state index contributed by atoms with van der Waals surface area (Å²) in [5, 5.41) is 0. The zero-order valence-electron chi connectivity index (χ0n) is 9.92. The van der Waals surface area contributed by atoms with E-state index in [2.05, 4.69) is 4.99 Å². The normalized spacial score (nSPS) is 18.8. The Morgan fingerprint density at radius 3 is 2.76 bits per heavy atom. The number of carbonyl (C=O) groups excluding carboxylic acids is 1. The Morgan fingerprint density at radius 2 is 2.12 bits per heavy atom. The van der Waals surface area contributed by atoms with Crippen molar-refractivity contribution in [2.24, 2.45) is 4.99 Å². The third-order valence-corrected chi connectivity index (χ3v) is 2.30. The molecule has 1 aliphatic rings. The fourth-order valence-corrected chi connectivity index (χ4v) is 1.54. The predicted molar refractivity (Wildman–Crippen MR) is 63.9 cm³/mol. The zero-order valence-corrected chi connectivity index (χ0v) is 9.92. The number of hydrogen-bond donors (Lipinski definition) is 0. The molecule has 4 heteroatoms. The molecular formula is C13H15NO3. The van der Waals surface area contributed by atoms with Crippen LogP contribution in [0.1, 0.15) is 19.4 Å². The van der Waals surface area contributed by atoms with E-state index in [1.807, 2.05) is 44.2 Å². The van der Waals surface area contributed by atoms with Gasteiger partial charge in [-0.1, -0.05) is 18.2 Å². The first kappa shape index (κ1) is 11.6. The van der Waals surface area contributed by atoms with Gasteiger partial charge in [-0.3, -0.25) is 0 Å². The average Bonchev–Trinajstić information content (AvgIpc) is 2.78. The van der Waals surface area contributed by atoms with Crippen molar-refractivity contribution in [1.29, 1.82) is 0 Å². The first-order valence-electron chi connectivity index (χ1n) is 5.63. The highest BCUT2D eigenvalue weighted by atomic mass is 16.6. The van der Waals surface area contributed by atoms with Crippen LogP contribution in [0.2, 0.25) is 0 Å². The first-order chi connectivity index (χ1) is 8.16. The molecule has 0 aliphatic carbocycles. The average molecular weight is 233 g/mol. The van der Waals surface area contributed by atoms with Gasteiger partial charge in [0.2, 0.25) is 5.90 Å². The van der Waals surface area contributed by atoms with Crippen molar-refractivity contribution in [2.75, 3.05) is 6.61 Å². The highest BCUT2D eigenvalue weighted by molar-refractivity contribution is 5.97. The van der Waals surface area contributed by atoms with Gasteiger partial charge in [0, 0.05) is 5.56 Å². The molecule has 1 aromatic carbocycles. The molecule has 0 saturated heterocycles. The van der Waals surface area contributed by atoms with E-state index in [1.165, 1.54) is 0 Å². The molecule has 0 bridgehead atoms. The van der Waals surface area contributed by atoms with Crippen molar-refractivity contribution in [3.05, 3.63) is 35.9 Å². The molecule has 0 amide bonds. The lowest BCUT2D eigenvalue weighted by Gasteiger charge is -2.09. The first-order valence-corrected chi connectivity index (χ1v) is 5.63. The Balaban J connectivity index is 2.07. The molecule has 0 saturated carbocycles. The van der Waals surface area contributed by atoms with Crippen molar-refractivity contribution < 1.29 is 14.3 Å². The highest BCUT2D eigenvalue weighted by Gasteiger charge is 2.28. The van der Waals surface area contributed by atoms with Gasteiger partial charge in [0.1, 0.15) is 6.61 Å². The Bertz CT molecular complexity index is 426. The van der Waals surface area contributed by atoms with Crippen LogP contribution in [0.15, 0.2) is 35.3 Å². The highest BCUT2D eigenvalue weighted by Crippen LogP contribution is 2.13. The number of ether oxygens (including phenoxy) is 2. The summed E-state index contributed by atoms with van der Waals surface area (Å²) in [6.07, 6.45) is -0.126. The maximum atomic E-state index is 11.6. The summed E-state index contributed by atoms with van der Waals surface area (Å²) in [6.45, 7) is 3.89. The minimum Gasteiger partial charge on any atom is -0.475 e. The second-order valence-corrected chi connectivity index (χ2v) is 4.11. The van der Waals surface area contributed by atoms with Crippen LogP contribution in [-0.4, -0.2) is 30.6 Å². The van der Waals surface area contributed by atoms with Gasteiger partial charge in [-0.15, -0.1) is 0 Å². The topological polar surface area (TPSA) is 47.9 Å². The van der Waals surface area contributed by atoms with Crippen LogP contribution in [0.3, 0.4) is 0 Å². The van der Waals surface area contributed by atoms with Crippen molar-refractivity contribution >= 4 is 11.9 Å². The van der Waals surface area contributed by atoms with Crippen LogP contribution >= 0.6 is 0 Å². The molecule has 4 nitrogen and oxygen atoms in total. The number of rotatable bonds is 3. The molecule has 1 heterocycles. The van der Waals surface area contributed by atoms with Gasteiger partial charge in [-0.2, -0.15) is 0 Å². The molecule has 90 valence electrons. The fourth-order valence-electron chi connectivity index (χ4n) is 1.54. The standard InChI is InChI=1S/C13H15NO3/c1-9(2)17-13(15)11-8-16-12(14-11)10-6-4-3-5-7-10/h3-7,9,11H,8H2,1-2H3. The quantitative estimate of drug-likeness (QED) is 0.748. The summed E-state index contributed by atoms with van der Waals surface area (Å²) in [7, 11) is 0. The van der Waals surface area contributed by atoms with Crippen LogP contribution < -0.4 is 0 Å². The number of benzene rings is 1. The summed E-state index contributed by atoms with van der Waals surface area (Å²) < 4.78 is 10.5. The second kappa shape index (κ2) is 4.99. The summed E-state index contributed by atoms with van der Waals surface area (Å²) >= 11 is 0. The van der Waals surface area contributed by atoms with Crippen LogP contribution in [0, 0.1) is 0 Å². The summed E-state index contributed by atoms with van der Waals surface area (Å²) in [5.41, 5.74) is 0.882. The fraction of sp³-hybridized carbons (Fsp3) is 0.385. The minimum atomic E-state index is -0.535. The van der Waals surface area contributed by atoms with E-state index in [4.69, 9.17) is 9.47 Å². The summed E-state index contributed by atoms with van der Waals surface area (Å²) in [5.74, 6) is 0.183. The van der Waals surface area contributed by atoms with E-state index < -0.39 is 6.04 Å². The van der Waals surface area contributed by atoms with E-state index in [-0.39, 0.29) is 18.7 Å². The molecule has 17 heavy (non-hydrogen) atoms. The molecular weight excluding hydrogens is 218 g/mol. The van der Waals surface area contributed by atoms with E-state index in [0.717, 1.165) is 5.56 Å². The monoisotopic (exact) mass is 233 g/mol. The molecule has 2 rings (SSSR count). The minimum absolute atomic E-state index is 0.126. The molecule has 0 N–H and O–H groups in total. The van der Waals surface area contributed by atoms with Gasteiger partial charge in [-0.05, 0) is 26.0 Å². The number of hydrogen-bond acceptors (Lipinski definition) is 4. The SMILES string of the molecule is CC(C)OC(=O)C1COC(c2ccccc2)=N1. The largest absolute Gasteiger partial charge is 0.475 e. The number of aliphatic imine (C=N–C) groups is 1. The van der Waals surface area contributed by atoms with Crippen LogP contribution in [0.25, 0.3) is 0 Å². The number of nitrogens with zero attached hydrogens (tertiary/aromatic N) is 1. The summed E-state index contributed by atoms with van der Waals surface area (Å²) in [6, 6.07) is 8.99. The van der Waals surface area contributed by atoms with Gasteiger partial charge in [0.25, 0.3) is 0 Å². The van der Waals surface area contributed by atoms with Gasteiger partial charge in [-0.25, -0.2) is 9.79 Å². The maximum Gasteiger partial charge on any atom is 0.334 e. The number of esters is 1. The van der Waals surface area contributed by atoms with E-state index in [9.17, 15) is 4.79 Å². The van der Waals surface area contributed by atoms with Crippen molar-refractivity contribution in [3.63, 3.8) is 0 Å². The zero-order chi connectivity index (χ0) is 12.3. The molecule has 0 aromatic heterocycles. The molecule has 1 unspecified atom stereocenters. The van der Waals surface area contributed by atoms with Crippen LogP contribution in [0.4, 0.5) is 0 Å². The van der Waals surface area contributed by atoms with Crippen molar-refractivity contribution in [2.45, 2.75) is 26.0 Å². The van der Waals surface area contributed by atoms with Gasteiger partial charge in [0.05, 0.1) is 6.10 Å². The third-order valence-electron chi connectivity index (χ3n) is 2.30. The molecule has 1 atom stereocenters. The lowest BCUT2D eigenvalue weighted by Crippen LogP contribution is -2.25. The Hall–Kier alpha value is -1.84. The van der Waals surface area contributed by atoms with E-state index in [1.54, 1.807) is 0 Å². The second-order valence-electron chi connectivity index (χ2n) is 4.11. The lowest BCUT2D eigenvalue weighted by atomic mass is 10.2. The maximum absolute atomic E-state index is 11.6. The molecule has 1 aromatic rings. The lowest BCUT2D eigenvalue weighted by molar-refractivity contribution is -0.149. The van der Waals surface area contributed by atoms with E-state index in [0.29, 0.717) is 5.90 Å². The smallest absolute Gasteiger partial charge is 0.334 e. The van der Waals surface area contributed by atoms with Gasteiger partial charge < -0.3 is 9.47 Å². The molecule has 0 radical (unpaired) electrons. The van der Waals surface area contributed by atoms with Gasteiger partial charge in [0.15, 0.2) is 6.04 Å². The Morgan fingerprint density at radius 1 is 1.41 bits per heavy atom. The van der Waals surface area contributed by atoms with E-state index >= 15 is 0 Å². The van der Waals surface area contributed by atoms with Gasteiger partial charge >= 0.3 is 5.97 Å². The van der Waals surface area contributed by atoms with Crippen LogP contribution in [0.5, 0.6) is 0 Å². The third kappa shape index (κ3) is 2.84. The molecule has 1 aliphatic heterocycles. The Labute approximate surface area is 100 Å². The summed E-state index contributed by atoms with van der Waals surface area (Å²) in [4.78, 5) is 15.9. The van der Waals surface area contributed by atoms with Crippen LogP contribution in [-0.2, 0) is 14.3 Å².